The van der Waals surface area contributed by atoms with Gasteiger partial charge < -0.3 is 20.5 Å². The summed E-state index contributed by atoms with van der Waals surface area (Å²) >= 11 is 0. The van der Waals surface area contributed by atoms with Gasteiger partial charge in [0, 0.05) is 12.1 Å². The zero-order valence-electron chi connectivity index (χ0n) is 13.3. The predicted molar refractivity (Wildman–Crippen MR) is 88.7 cm³/mol. The molecule has 3 aromatic rings. The fourth-order valence-electron chi connectivity index (χ4n) is 2.53. The first-order valence-electron chi connectivity index (χ1n) is 7.63. The summed E-state index contributed by atoms with van der Waals surface area (Å²) < 4.78 is 14.1. The second-order valence-electron chi connectivity index (χ2n) is 5.71. The molecule has 0 spiro atoms. The number of nitrogens with zero attached hydrogens (tertiary/aromatic N) is 4. The molecule has 0 fully saturated rings. The zero-order chi connectivity index (χ0) is 18.0. The summed E-state index contributed by atoms with van der Waals surface area (Å²) in [7, 11) is 0. The van der Waals surface area contributed by atoms with Gasteiger partial charge in [-0.1, -0.05) is 21.7 Å². The Kier molecular flexibility index (Phi) is 4.57. The number of halogens is 1. The molecule has 9 heteroatoms. The van der Waals surface area contributed by atoms with Gasteiger partial charge in [0.25, 0.3) is 0 Å². The molecular weight excluding hydrogens is 329 g/mol. The molecule has 3 rings (SSSR count). The number of aromatic nitrogens is 3. The Hall–Kier alpha value is -3.07. The van der Waals surface area contributed by atoms with Gasteiger partial charge in [0.05, 0.1) is 6.10 Å². The molecular formula is C16H16FN5O3. The van der Waals surface area contributed by atoms with Crippen LogP contribution in [0.2, 0.25) is 0 Å². The van der Waals surface area contributed by atoms with E-state index < -0.39 is 11.0 Å². The van der Waals surface area contributed by atoms with Crippen LogP contribution in [0.5, 0.6) is 0 Å². The Morgan fingerprint density at radius 1 is 1.32 bits per heavy atom. The minimum atomic E-state index is -0.769. The number of rotatable bonds is 6. The van der Waals surface area contributed by atoms with Gasteiger partial charge in [-0.2, -0.15) is 0 Å². The lowest BCUT2D eigenvalue weighted by Gasteiger charge is -2.18. The summed E-state index contributed by atoms with van der Waals surface area (Å²) in [5.41, 5.74) is 0.986. The van der Waals surface area contributed by atoms with Crippen LogP contribution in [0, 0.1) is 15.9 Å². The van der Waals surface area contributed by atoms with Crippen LogP contribution >= 0.6 is 0 Å². The number of imidazole rings is 1. The lowest BCUT2D eigenvalue weighted by Crippen LogP contribution is -2.20. The van der Waals surface area contributed by atoms with Crippen molar-refractivity contribution in [1.82, 2.24) is 14.6 Å². The summed E-state index contributed by atoms with van der Waals surface area (Å²) in [6.07, 6.45) is 0.736. The number of anilines is 1. The molecule has 0 aliphatic carbocycles. The molecule has 2 aromatic heterocycles. The van der Waals surface area contributed by atoms with Crippen LogP contribution in [-0.4, -0.2) is 30.7 Å². The van der Waals surface area contributed by atoms with E-state index in [1.165, 1.54) is 24.3 Å². The third-order valence-electron chi connectivity index (χ3n) is 3.76. The fourth-order valence-corrected chi connectivity index (χ4v) is 2.53. The van der Waals surface area contributed by atoms with Crippen molar-refractivity contribution in [2.75, 3.05) is 5.32 Å². The van der Waals surface area contributed by atoms with Gasteiger partial charge in [-0.15, -0.1) is 0 Å². The fraction of sp³-hybridized carbons (Fsp3) is 0.250. The summed E-state index contributed by atoms with van der Waals surface area (Å²) in [5, 5.41) is 28.4. The average Bonchev–Trinajstić information content (AvgIpc) is 2.98. The van der Waals surface area contributed by atoms with Crippen molar-refractivity contribution < 1.29 is 14.4 Å². The number of aliphatic hydroxyl groups excluding tert-OH is 1. The number of fused-ring (bicyclic) bond motifs is 1. The maximum atomic E-state index is 12.9. The van der Waals surface area contributed by atoms with E-state index in [9.17, 15) is 19.6 Å². The first kappa shape index (κ1) is 16.8. The highest BCUT2D eigenvalue weighted by atomic mass is 19.1. The standard InChI is InChI=1S/C16H16FN5O3/c1-10(8-13(23)11-2-4-12(17)5-3-11)19-14-6-7-15-18-9-16(22(24)25)21(15)20-14/h2-7,9-10,13,23H,8H2,1H3,(H,19,20). The SMILES string of the molecule is CC(CC(O)c1ccc(F)cc1)Nc1ccc2ncc([N+](=O)[O-])n2n1. The maximum absolute atomic E-state index is 12.9. The molecule has 2 N–H and O–H groups in total. The van der Waals surface area contributed by atoms with Crippen LogP contribution in [0.25, 0.3) is 5.65 Å². The number of hydrogen-bond acceptors (Lipinski definition) is 6. The number of nitro groups is 1. The van der Waals surface area contributed by atoms with Gasteiger partial charge in [0.2, 0.25) is 5.65 Å². The Labute approximate surface area is 142 Å². The first-order valence-corrected chi connectivity index (χ1v) is 7.63. The Bertz CT molecular complexity index is 896. The summed E-state index contributed by atoms with van der Waals surface area (Å²) in [6, 6.07) is 8.76. The van der Waals surface area contributed by atoms with Crippen molar-refractivity contribution in [3.63, 3.8) is 0 Å². The molecule has 0 amide bonds. The number of aliphatic hydroxyl groups is 1. The van der Waals surface area contributed by atoms with Gasteiger partial charge in [0.1, 0.15) is 12.0 Å². The van der Waals surface area contributed by atoms with E-state index in [2.05, 4.69) is 15.4 Å². The first-order chi connectivity index (χ1) is 11.9. The molecule has 0 bridgehead atoms. The Balaban J connectivity index is 1.70. The largest absolute Gasteiger partial charge is 0.388 e. The molecule has 0 radical (unpaired) electrons. The minimum absolute atomic E-state index is 0.174. The van der Waals surface area contributed by atoms with Gasteiger partial charge in [-0.3, -0.25) is 0 Å². The third kappa shape index (κ3) is 3.72. The molecule has 130 valence electrons. The zero-order valence-corrected chi connectivity index (χ0v) is 13.3. The lowest BCUT2D eigenvalue weighted by atomic mass is 10.0. The molecule has 0 aliphatic rings. The maximum Gasteiger partial charge on any atom is 0.368 e. The number of hydrogen-bond donors (Lipinski definition) is 2. The van der Waals surface area contributed by atoms with Crippen molar-refractivity contribution >= 4 is 17.3 Å². The Morgan fingerprint density at radius 3 is 2.72 bits per heavy atom. The highest BCUT2D eigenvalue weighted by Gasteiger charge is 2.18. The van der Waals surface area contributed by atoms with Crippen molar-refractivity contribution in [2.24, 2.45) is 0 Å². The average molecular weight is 345 g/mol. The van der Waals surface area contributed by atoms with Crippen molar-refractivity contribution in [3.8, 4) is 0 Å². The van der Waals surface area contributed by atoms with Gasteiger partial charge in [-0.05, 0) is 42.0 Å². The van der Waals surface area contributed by atoms with Gasteiger partial charge in [0.15, 0.2) is 5.82 Å². The van der Waals surface area contributed by atoms with Gasteiger partial charge in [-0.25, -0.2) is 9.37 Å². The quantitative estimate of drug-likeness (QED) is 0.526. The predicted octanol–water partition coefficient (Wildman–Crippen LogP) is 2.70. The van der Waals surface area contributed by atoms with Crippen LogP contribution in [0.1, 0.15) is 25.0 Å². The molecule has 2 atom stereocenters. The normalized spacial score (nSPS) is 13.6. The van der Waals surface area contributed by atoms with Crippen molar-refractivity contribution in [1.29, 1.82) is 0 Å². The number of benzene rings is 1. The van der Waals surface area contributed by atoms with Crippen LogP contribution in [0.4, 0.5) is 16.0 Å². The topological polar surface area (TPSA) is 106 Å². The molecule has 0 saturated carbocycles. The van der Waals surface area contributed by atoms with E-state index in [4.69, 9.17) is 0 Å². The lowest BCUT2D eigenvalue weighted by molar-refractivity contribution is -0.391. The third-order valence-corrected chi connectivity index (χ3v) is 3.76. The molecule has 2 unspecified atom stereocenters. The Morgan fingerprint density at radius 2 is 2.04 bits per heavy atom. The van der Waals surface area contributed by atoms with E-state index in [0.29, 0.717) is 23.4 Å². The van der Waals surface area contributed by atoms with E-state index in [0.717, 1.165) is 10.7 Å². The smallest absolute Gasteiger partial charge is 0.368 e. The second-order valence-corrected chi connectivity index (χ2v) is 5.71. The van der Waals surface area contributed by atoms with E-state index >= 15 is 0 Å². The van der Waals surface area contributed by atoms with Crippen LogP contribution in [0.3, 0.4) is 0 Å². The van der Waals surface area contributed by atoms with E-state index in [-0.39, 0.29) is 17.7 Å². The molecule has 0 aliphatic heterocycles. The molecule has 25 heavy (non-hydrogen) atoms. The summed E-state index contributed by atoms with van der Waals surface area (Å²) in [6.45, 7) is 1.85. The van der Waals surface area contributed by atoms with Crippen LogP contribution < -0.4 is 5.32 Å². The molecule has 8 nitrogen and oxygen atoms in total. The van der Waals surface area contributed by atoms with Crippen LogP contribution in [-0.2, 0) is 0 Å². The van der Waals surface area contributed by atoms with E-state index in [1.54, 1.807) is 12.1 Å². The van der Waals surface area contributed by atoms with Crippen molar-refractivity contribution in [3.05, 3.63) is 64.1 Å². The van der Waals surface area contributed by atoms with Crippen molar-refractivity contribution in [2.45, 2.75) is 25.5 Å². The number of nitrogens with one attached hydrogen (secondary N) is 1. The minimum Gasteiger partial charge on any atom is -0.388 e. The van der Waals surface area contributed by atoms with E-state index in [1.807, 2.05) is 6.92 Å². The molecule has 1 aromatic carbocycles. The van der Waals surface area contributed by atoms with Gasteiger partial charge >= 0.3 is 5.82 Å². The second kappa shape index (κ2) is 6.81. The monoisotopic (exact) mass is 345 g/mol. The molecule has 2 heterocycles. The highest BCUT2D eigenvalue weighted by molar-refractivity contribution is 5.48. The highest BCUT2D eigenvalue weighted by Crippen LogP contribution is 2.21. The summed E-state index contributed by atoms with van der Waals surface area (Å²) in [5.74, 6) is -0.161. The summed E-state index contributed by atoms with van der Waals surface area (Å²) in [4.78, 5) is 14.3. The molecule has 0 saturated heterocycles. The van der Waals surface area contributed by atoms with Crippen LogP contribution in [0.15, 0.2) is 42.6 Å².